The summed E-state index contributed by atoms with van der Waals surface area (Å²) in [5.74, 6) is 0. The Bertz CT molecular complexity index is 344. The smallest absolute Gasteiger partial charge is 0.0779 e. The summed E-state index contributed by atoms with van der Waals surface area (Å²) in [6, 6.07) is 3.87. The zero-order valence-corrected chi connectivity index (χ0v) is 10.4. The second kappa shape index (κ2) is 5.47. The summed E-state index contributed by atoms with van der Waals surface area (Å²) >= 11 is 0. The number of nitrogens with one attached hydrogen (secondary N) is 1. The number of rotatable bonds is 5. The van der Waals surface area contributed by atoms with Crippen LogP contribution in [-0.4, -0.2) is 30.3 Å². The Morgan fingerprint density at radius 2 is 2.41 bits per heavy atom. The van der Waals surface area contributed by atoms with E-state index in [1.165, 1.54) is 6.42 Å². The van der Waals surface area contributed by atoms with Gasteiger partial charge in [0.2, 0.25) is 0 Å². The van der Waals surface area contributed by atoms with Crippen molar-refractivity contribution in [3.05, 3.63) is 24.0 Å². The Kier molecular flexibility index (Phi) is 3.97. The molecule has 4 nitrogen and oxygen atoms in total. The van der Waals surface area contributed by atoms with Gasteiger partial charge in [0, 0.05) is 31.8 Å². The standard InChI is InChI=1S/C13H21N3O/c1-13(6-2-8-17-13)10-15-7-5-12-4-3-11(14)9-16-12/h3-4,9,15H,2,5-8,10,14H2,1H3. The molecule has 0 saturated carbocycles. The van der Waals surface area contributed by atoms with Crippen LogP contribution in [0.4, 0.5) is 5.69 Å². The van der Waals surface area contributed by atoms with Crippen LogP contribution in [0.1, 0.15) is 25.5 Å². The van der Waals surface area contributed by atoms with Crippen molar-refractivity contribution in [3.8, 4) is 0 Å². The molecule has 3 N–H and O–H groups in total. The molecule has 1 aromatic rings. The molecule has 1 atom stereocenters. The lowest BCUT2D eigenvalue weighted by atomic mass is 10.0. The van der Waals surface area contributed by atoms with Gasteiger partial charge in [-0.05, 0) is 31.9 Å². The van der Waals surface area contributed by atoms with E-state index in [4.69, 9.17) is 10.5 Å². The normalized spacial score (nSPS) is 24.1. The Morgan fingerprint density at radius 1 is 1.53 bits per heavy atom. The van der Waals surface area contributed by atoms with Gasteiger partial charge in [-0.2, -0.15) is 0 Å². The lowest BCUT2D eigenvalue weighted by molar-refractivity contribution is 0.0211. The first-order valence-corrected chi connectivity index (χ1v) is 6.23. The maximum absolute atomic E-state index is 5.71. The van der Waals surface area contributed by atoms with E-state index in [0.29, 0.717) is 5.69 Å². The van der Waals surface area contributed by atoms with Crippen molar-refractivity contribution in [2.75, 3.05) is 25.4 Å². The number of aromatic nitrogens is 1. The van der Waals surface area contributed by atoms with Gasteiger partial charge in [0.25, 0.3) is 0 Å². The van der Waals surface area contributed by atoms with Crippen molar-refractivity contribution in [2.45, 2.75) is 31.8 Å². The fraction of sp³-hybridized carbons (Fsp3) is 0.615. The molecule has 1 aliphatic rings. The van der Waals surface area contributed by atoms with Crippen LogP contribution < -0.4 is 11.1 Å². The Morgan fingerprint density at radius 3 is 3.06 bits per heavy atom. The van der Waals surface area contributed by atoms with Crippen molar-refractivity contribution >= 4 is 5.69 Å². The maximum Gasteiger partial charge on any atom is 0.0779 e. The molecule has 17 heavy (non-hydrogen) atoms. The molecule has 0 bridgehead atoms. The quantitative estimate of drug-likeness (QED) is 0.757. The Labute approximate surface area is 103 Å². The molecule has 4 heteroatoms. The predicted octanol–water partition coefficient (Wildman–Crippen LogP) is 1.36. The van der Waals surface area contributed by atoms with Crippen LogP contribution in [0, 0.1) is 0 Å². The van der Waals surface area contributed by atoms with Crippen LogP contribution in [0.2, 0.25) is 0 Å². The molecule has 0 radical (unpaired) electrons. The number of nitrogen functional groups attached to an aromatic ring is 1. The molecule has 1 aromatic heterocycles. The van der Waals surface area contributed by atoms with E-state index in [9.17, 15) is 0 Å². The highest BCUT2D eigenvalue weighted by Gasteiger charge is 2.28. The number of hydrogen-bond acceptors (Lipinski definition) is 4. The minimum Gasteiger partial charge on any atom is -0.397 e. The van der Waals surface area contributed by atoms with E-state index >= 15 is 0 Å². The third-order valence-electron chi connectivity index (χ3n) is 3.20. The van der Waals surface area contributed by atoms with Gasteiger partial charge in [-0.25, -0.2) is 0 Å². The molecule has 1 aliphatic heterocycles. The highest BCUT2D eigenvalue weighted by atomic mass is 16.5. The molecule has 2 heterocycles. The molecule has 0 aromatic carbocycles. The third kappa shape index (κ3) is 3.68. The van der Waals surface area contributed by atoms with Gasteiger partial charge < -0.3 is 15.8 Å². The average Bonchev–Trinajstić information content (AvgIpc) is 2.74. The van der Waals surface area contributed by atoms with E-state index in [0.717, 1.165) is 38.2 Å². The molecular formula is C13H21N3O. The molecule has 94 valence electrons. The zero-order chi connectivity index (χ0) is 12.1. The summed E-state index contributed by atoms with van der Waals surface area (Å²) in [6.07, 6.45) is 4.96. The monoisotopic (exact) mass is 235 g/mol. The molecule has 0 spiro atoms. The highest BCUT2D eigenvalue weighted by Crippen LogP contribution is 2.23. The lowest BCUT2D eigenvalue weighted by Gasteiger charge is -2.23. The summed E-state index contributed by atoms with van der Waals surface area (Å²) < 4.78 is 5.71. The van der Waals surface area contributed by atoms with E-state index in [1.807, 2.05) is 12.1 Å². The van der Waals surface area contributed by atoms with Gasteiger partial charge in [-0.1, -0.05) is 0 Å². The second-order valence-electron chi connectivity index (χ2n) is 4.91. The first-order chi connectivity index (χ1) is 8.18. The van der Waals surface area contributed by atoms with Gasteiger partial charge in [-0.15, -0.1) is 0 Å². The fourth-order valence-corrected chi connectivity index (χ4v) is 2.13. The summed E-state index contributed by atoms with van der Waals surface area (Å²) in [4.78, 5) is 4.27. The predicted molar refractivity (Wildman–Crippen MR) is 68.8 cm³/mol. The number of nitrogens with zero attached hydrogens (tertiary/aromatic N) is 1. The minimum atomic E-state index is 0.0363. The van der Waals surface area contributed by atoms with Crippen LogP contribution in [0.25, 0.3) is 0 Å². The molecule has 2 rings (SSSR count). The maximum atomic E-state index is 5.71. The van der Waals surface area contributed by atoms with Gasteiger partial charge in [0.05, 0.1) is 17.5 Å². The molecular weight excluding hydrogens is 214 g/mol. The van der Waals surface area contributed by atoms with E-state index in [2.05, 4.69) is 17.2 Å². The lowest BCUT2D eigenvalue weighted by Crippen LogP contribution is -2.38. The van der Waals surface area contributed by atoms with Crippen LogP contribution in [0.3, 0.4) is 0 Å². The number of ether oxygens (including phenoxy) is 1. The third-order valence-corrected chi connectivity index (χ3v) is 3.20. The van der Waals surface area contributed by atoms with E-state index < -0.39 is 0 Å². The number of nitrogens with two attached hydrogens (primary N) is 1. The average molecular weight is 235 g/mol. The number of hydrogen-bond donors (Lipinski definition) is 2. The number of pyridine rings is 1. The van der Waals surface area contributed by atoms with Crippen LogP contribution in [0.5, 0.6) is 0 Å². The summed E-state index contributed by atoms with van der Waals surface area (Å²) in [6.45, 7) is 4.92. The van der Waals surface area contributed by atoms with Crippen LogP contribution >= 0.6 is 0 Å². The fourth-order valence-electron chi connectivity index (χ4n) is 2.13. The van der Waals surface area contributed by atoms with Crippen LogP contribution in [0.15, 0.2) is 18.3 Å². The van der Waals surface area contributed by atoms with Gasteiger partial charge in [0.1, 0.15) is 0 Å². The molecule has 1 unspecified atom stereocenters. The topological polar surface area (TPSA) is 60.2 Å². The van der Waals surface area contributed by atoms with Gasteiger partial charge in [-0.3, -0.25) is 4.98 Å². The SMILES string of the molecule is CC1(CNCCc2ccc(N)cn2)CCCO1. The van der Waals surface area contributed by atoms with Crippen molar-refractivity contribution in [1.29, 1.82) is 0 Å². The van der Waals surface area contributed by atoms with Crippen molar-refractivity contribution in [2.24, 2.45) is 0 Å². The first-order valence-electron chi connectivity index (χ1n) is 6.23. The summed E-state index contributed by atoms with van der Waals surface area (Å²) in [5.41, 5.74) is 7.41. The van der Waals surface area contributed by atoms with Crippen molar-refractivity contribution in [3.63, 3.8) is 0 Å². The summed E-state index contributed by atoms with van der Waals surface area (Å²) in [7, 11) is 0. The summed E-state index contributed by atoms with van der Waals surface area (Å²) in [5, 5.41) is 3.43. The van der Waals surface area contributed by atoms with E-state index in [-0.39, 0.29) is 5.60 Å². The largest absolute Gasteiger partial charge is 0.397 e. The second-order valence-corrected chi connectivity index (χ2v) is 4.91. The zero-order valence-electron chi connectivity index (χ0n) is 10.4. The Hall–Kier alpha value is -1.13. The molecule has 0 aliphatic carbocycles. The minimum absolute atomic E-state index is 0.0363. The van der Waals surface area contributed by atoms with Gasteiger partial charge in [0.15, 0.2) is 0 Å². The van der Waals surface area contributed by atoms with Gasteiger partial charge >= 0.3 is 0 Å². The van der Waals surface area contributed by atoms with Crippen molar-refractivity contribution in [1.82, 2.24) is 10.3 Å². The highest BCUT2D eigenvalue weighted by molar-refractivity contribution is 5.34. The molecule has 1 fully saturated rings. The molecule has 0 amide bonds. The van der Waals surface area contributed by atoms with E-state index in [1.54, 1.807) is 6.20 Å². The first kappa shape index (κ1) is 12.3. The van der Waals surface area contributed by atoms with Crippen molar-refractivity contribution < 1.29 is 4.74 Å². The number of anilines is 1. The van der Waals surface area contributed by atoms with Crippen LogP contribution in [-0.2, 0) is 11.2 Å². The molecule has 1 saturated heterocycles. The Balaban J connectivity index is 1.67.